The first-order chi connectivity index (χ1) is 17.6. The molecule has 1 aliphatic heterocycles. The molecule has 2 aromatic heterocycles. The number of aryl methyl sites for hydroxylation is 1. The standard InChI is InChI=1S/C28H28N4O4/c1-35-28(34)20-6-8-22-21(18-30-24(22)15-20)4-2-3-9-31-10-12-32(13-11-31)25-16-27(33)36-26-14-19(17-29)5-7-23(25)26/h5-8,14-16,18,30H,2-4,9-13H2,1H3. The molecular weight excluding hydrogens is 456 g/mol. The maximum absolute atomic E-state index is 12.1. The molecule has 0 radical (unpaired) electrons. The Morgan fingerprint density at radius 3 is 2.67 bits per heavy atom. The van der Waals surface area contributed by atoms with E-state index in [0.717, 1.165) is 74.0 Å². The number of benzene rings is 2. The highest BCUT2D eigenvalue weighted by molar-refractivity contribution is 5.95. The molecule has 0 atom stereocenters. The molecule has 0 bridgehead atoms. The van der Waals surface area contributed by atoms with E-state index in [1.807, 2.05) is 30.5 Å². The highest BCUT2D eigenvalue weighted by Gasteiger charge is 2.20. The largest absolute Gasteiger partial charge is 0.465 e. The zero-order valence-electron chi connectivity index (χ0n) is 20.3. The summed E-state index contributed by atoms with van der Waals surface area (Å²) in [5.74, 6) is -0.329. The lowest BCUT2D eigenvalue weighted by Gasteiger charge is -2.36. The second kappa shape index (κ2) is 10.3. The van der Waals surface area contributed by atoms with Gasteiger partial charge in [-0.15, -0.1) is 0 Å². The van der Waals surface area contributed by atoms with Crippen molar-refractivity contribution < 1.29 is 13.9 Å². The van der Waals surface area contributed by atoms with Gasteiger partial charge in [-0.2, -0.15) is 5.26 Å². The molecule has 8 heteroatoms. The topological polar surface area (TPSA) is 103 Å². The number of ether oxygens (including phenoxy) is 1. The number of fused-ring (bicyclic) bond motifs is 2. The number of esters is 1. The fourth-order valence-electron chi connectivity index (χ4n) is 4.98. The summed E-state index contributed by atoms with van der Waals surface area (Å²) in [5.41, 5.74) is 4.18. The Balaban J connectivity index is 1.14. The van der Waals surface area contributed by atoms with Crippen molar-refractivity contribution in [3.05, 3.63) is 75.8 Å². The van der Waals surface area contributed by atoms with E-state index in [2.05, 4.69) is 20.9 Å². The molecule has 36 heavy (non-hydrogen) atoms. The lowest BCUT2D eigenvalue weighted by molar-refractivity contribution is 0.0601. The summed E-state index contributed by atoms with van der Waals surface area (Å²) in [6, 6.07) is 14.5. The quantitative estimate of drug-likeness (QED) is 0.240. The number of unbranched alkanes of at least 4 members (excludes halogenated alkanes) is 1. The van der Waals surface area contributed by atoms with Crippen molar-refractivity contribution in [2.45, 2.75) is 19.3 Å². The minimum Gasteiger partial charge on any atom is -0.465 e. The summed E-state index contributed by atoms with van der Waals surface area (Å²) in [7, 11) is 1.39. The van der Waals surface area contributed by atoms with E-state index in [-0.39, 0.29) is 5.97 Å². The maximum Gasteiger partial charge on any atom is 0.338 e. The molecule has 1 aliphatic rings. The van der Waals surface area contributed by atoms with Crippen LogP contribution >= 0.6 is 0 Å². The number of nitriles is 1. The Morgan fingerprint density at radius 2 is 1.89 bits per heavy atom. The highest BCUT2D eigenvalue weighted by Crippen LogP contribution is 2.27. The molecule has 4 aromatic rings. The van der Waals surface area contributed by atoms with Gasteiger partial charge < -0.3 is 19.0 Å². The number of piperazine rings is 1. The van der Waals surface area contributed by atoms with Crippen molar-refractivity contribution >= 4 is 33.5 Å². The van der Waals surface area contributed by atoms with Gasteiger partial charge in [-0.1, -0.05) is 6.07 Å². The molecule has 0 unspecified atom stereocenters. The fourth-order valence-corrected chi connectivity index (χ4v) is 4.98. The van der Waals surface area contributed by atoms with Gasteiger partial charge in [0.25, 0.3) is 0 Å². The normalized spacial score (nSPS) is 14.3. The number of carbonyl (C=O) groups is 1. The third-order valence-corrected chi connectivity index (χ3v) is 6.92. The number of H-pyrrole nitrogens is 1. The Morgan fingerprint density at radius 1 is 1.08 bits per heavy atom. The third kappa shape index (κ3) is 4.83. The van der Waals surface area contributed by atoms with Crippen molar-refractivity contribution in [3.63, 3.8) is 0 Å². The van der Waals surface area contributed by atoms with Crippen LogP contribution in [0.3, 0.4) is 0 Å². The molecule has 8 nitrogen and oxygen atoms in total. The number of carbonyl (C=O) groups excluding carboxylic acids is 1. The van der Waals surface area contributed by atoms with Crippen LogP contribution in [0.1, 0.15) is 34.3 Å². The molecule has 1 N–H and O–H groups in total. The second-order valence-corrected chi connectivity index (χ2v) is 9.13. The molecule has 3 heterocycles. The molecule has 0 saturated carbocycles. The molecule has 5 rings (SSSR count). The minimum atomic E-state index is -0.395. The predicted octanol–water partition coefficient (Wildman–Crippen LogP) is 4.08. The second-order valence-electron chi connectivity index (χ2n) is 9.13. The first kappa shape index (κ1) is 23.6. The Kier molecular flexibility index (Phi) is 6.74. The third-order valence-electron chi connectivity index (χ3n) is 6.92. The maximum atomic E-state index is 12.1. The number of nitrogens with one attached hydrogen (secondary N) is 1. The number of aromatic nitrogens is 1. The zero-order chi connectivity index (χ0) is 25.1. The van der Waals surface area contributed by atoms with E-state index in [4.69, 9.17) is 14.4 Å². The van der Waals surface area contributed by atoms with Gasteiger partial charge in [0.05, 0.1) is 30.0 Å². The van der Waals surface area contributed by atoms with Crippen LogP contribution in [0.25, 0.3) is 21.9 Å². The average molecular weight is 485 g/mol. The van der Waals surface area contributed by atoms with Gasteiger partial charge >= 0.3 is 11.6 Å². The van der Waals surface area contributed by atoms with E-state index in [0.29, 0.717) is 16.7 Å². The van der Waals surface area contributed by atoms with Gasteiger partial charge in [-0.3, -0.25) is 4.90 Å². The van der Waals surface area contributed by atoms with Gasteiger partial charge in [-0.25, -0.2) is 9.59 Å². The van der Waals surface area contributed by atoms with E-state index in [9.17, 15) is 9.59 Å². The van der Waals surface area contributed by atoms with Crippen LogP contribution in [0.15, 0.2) is 57.9 Å². The molecule has 0 aliphatic carbocycles. The molecule has 2 aromatic carbocycles. The summed E-state index contributed by atoms with van der Waals surface area (Å²) in [5, 5.41) is 11.1. The van der Waals surface area contributed by atoms with Crippen LogP contribution in [0.5, 0.6) is 0 Å². The van der Waals surface area contributed by atoms with Crippen molar-refractivity contribution in [1.82, 2.24) is 9.88 Å². The van der Waals surface area contributed by atoms with Gasteiger partial charge in [0, 0.05) is 54.7 Å². The Labute approximate surface area is 208 Å². The molecule has 1 fully saturated rings. The summed E-state index contributed by atoms with van der Waals surface area (Å²) >= 11 is 0. The SMILES string of the molecule is COC(=O)c1ccc2c(CCCCN3CCN(c4cc(=O)oc5cc(C#N)ccc45)CC3)c[nH]c2c1. The molecule has 1 saturated heterocycles. The lowest BCUT2D eigenvalue weighted by Crippen LogP contribution is -2.46. The van der Waals surface area contributed by atoms with E-state index >= 15 is 0 Å². The van der Waals surface area contributed by atoms with Crippen molar-refractivity contribution in [3.8, 4) is 6.07 Å². The predicted molar refractivity (Wildman–Crippen MR) is 138 cm³/mol. The molecule has 184 valence electrons. The van der Waals surface area contributed by atoms with Crippen LogP contribution in [-0.4, -0.2) is 55.7 Å². The van der Waals surface area contributed by atoms with Crippen LogP contribution < -0.4 is 10.5 Å². The summed E-state index contributed by atoms with van der Waals surface area (Å²) in [6.45, 7) is 4.57. The lowest BCUT2D eigenvalue weighted by atomic mass is 10.1. The first-order valence-corrected chi connectivity index (χ1v) is 12.2. The average Bonchev–Trinajstić information content (AvgIpc) is 3.32. The number of anilines is 1. The van der Waals surface area contributed by atoms with Crippen molar-refractivity contribution in [1.29, 1.82) is 5.26 Å². The highest BCUT2D eigenvalue weighted by atomic mass is 16.5. The monoisotopic (exact) mass is 484 g/mol. The zero-order valence-corrected chi connectivity index (χ0v) is 20.3. The molecular formula is C28H28N4O4. The number of nitrogens with zero attached hydrogens (tertiary/aromatic N) is 3. The van der Waals surface area contributed by atoms with E-state index < -0.39 is 5.63 Å². The fraction of sp³-hybridized carbons (Fsp3) is 0.321. The van der Waals surface area contributed by atoms with E-state index in [1.54, 1.807) is 18.2 Å². The Bertz CT molecular complexity index is 1510. The van der Waals surface area contributed by atoms with Gasteiger partial charge in [-0.05, 0) is 61.7 Å². The van der Waals surface area contributed by atoms with Crippen LogP contribution in [-0.2, 0) is 11.2 Å². The number of hydrogen-bond donors (Lipinski definition) is 1. The molecule has 0 amide bonds. The van der Waals surface area contributed by atoms with Crippen molar-refractivity contribution in [2.75, 3.05) is 44.7 Å². The Hall–Kier alpha value is -4.09. The summed E-state index contributed by atoms with van der Waals surface area (Å²) in [4.78, 5) is 31.8. The van der Waals surface area contributed by atoms with Crippen molar-refractivity contribution in [2.24, 2.45) is 0 Å². The van der Waals surface area contributed by atoms with Gasteiger partial charge in [0.2, 0.25) is 0 Å². The van der Waals surface area contributed by atoms with Crippen LogP contribution in [0.4, 0.5) is 5.69 Å². The number of aromatic amines is 1. The summed E-state index contributed by atoms with van der Waals surface area (Å²) < 4.78 is 10.1. The number of hydrogen-bond acceptors (Lipinski definition) is 7. The number of rotatable bonds is 7. The van der Waals surface area contributed by atoms with Gasteiger partial charge in [0.1, 0.15) is 5.58 Å². The van der Waals surface area contributed by atoms with Crippen LogP contribution in [0, 0.1) is 11.3 Å². The smallest absolute Gasteiger partial charge is 0.338 e. The number of methoxy groups -OCH3 is 1. The summed E-state index contributed by atoms with van der Waals surface area (Å²) in [6.07, 6.45) is 5.19. The minimum absolute atomic E-state index is 0.329. The first-order valence-electron chi connectivity index (χ1n) is 12.2. The van der Waals surface area contributed by atoms with E-state index in [1.165, 1.54) is 12.7 Å². The van der Waals surface area contributed by atoms with Crippen LogP contribution in [0.2, 0.25) is 0 Å². The van der Waals surface area contributed by atoms with Gasteiger partial charge in [0.15, 0.2) is 0 Å². The molecule has 0 spiro atoms.